The Bertz CT molecular complexity index is 563. The minimum absolute atomic E-state index is 0.145. The van der Waals surface area contributed by atoms with Crippen molar-refractivity contribution in [2.75, 3.05) is 5.32 Å². The number of aromatic nitrogens is 1. The number of fused-ring (bicyclic) bond motifs is 1. The summed E-state index contributed by atoms with van der Waals surface area (Å²) in [4.78, 5) is 15.2. The first-order valence-corrected chi connectivity index (χ1v) is 5.92. The minimum atomic E-state index is -0.798. The van der Waals surface area contributed by atoms with Crippen molar-refractivity contribution in [3.05, 3.63) is 36.5 Å². The van der Waals surface area contributed by atoms with Gasteiger partial charge >= 0.3 is 5.97 Å². The van der Waals surface area contributed by atoms with Crippen molar-refractivity contribution >= 4 is 22.6 Å². The molecule has 0 fully saturated rings. The van der Waals surface area contributed by atoms with E-state index in [2.05, 4.69) is 10.3 Å². The highest BCUT2D eigenvalue weighted by Crippen LogP contribution is 2.22. The summed E-state index contributed by atoms with van der Waals surface area (Å²) in [6.45, 7) is 3.57. The van der Waals surface area contributed by atoms with Gasteiger partial charge in [0.2, 0.25) is 0 Å². The van der Waals surface area contributed by atoms with Crippen LogP contribution in [0, 0.1) is 5.92 Å². The first-order valence-electron chi connectivity index (χ1n) is 5.92. The van der Waals surface area contributed by atoms with Gasteiger partial charge in [-0.05, 0) is 26.0 Å². The molecular formula is C14H16N2O2. The summed E-state index contributed by atoms with van der Waals surface area (Å²) < 4.78 is 0. The Hall–Kier alpha value is -2.10. The van der Waals surface area contributed by atoms with Gasteiger partial charge in [0, 0.05) is 23.3 Å². The number of benzene rings is 1. The van der Waals surface area contributed by atoms with E-state index in [4.69, 9.17) is 5.11 Å². The molecule has 4 nitrogen and oxygen atoms in total. The number of aliphatic carboxylic acids is 1. The molecule has 2 aromatic rings. The lowest BCUT2D eigenvalue weighted by Crippen LogP contribution is -2.29. The highest BCUT2D eigenvalue weighted by atomic mass is 16.4. The van der Waals surface area contributed by atoms with E-state index in [0.717, 1.165) is 16.6 Å². The smallest absolute Gasteiger partial charge is 0.308 e. The van der Waals surface area contributed by atoms with Crippen LogP contribution >= 0.6 is 0 Å². The lowest BCUT2D eigenvalue weighted by atomic mass is 10.0. The number of carboxylic acids is 1. The van der Waals surface area contributed by atoms with Crippen LogP contribution in [0.4, 0.5) is 5.69 Å². The number of pyridine rings is 1. The van der Waals surface area contributed by atoms with Crippen LogP contribution in [-0.2, 0) is 4.79 Å². The number of anilines is 1. The fourth-order valence-corrected chi connectivity index (χ4v) is 1.81. The van der Waals surface area contributed by atoms with Gasteiger partial charge in [-0.3, -0.25) is 9.78 Å². The van der Waals surface area contributed by atoms with Gasteiger partial charge in [-0.25, -0.2) is 0 Å². The van der Waals surface area contributed by atoms with Crippen LogP contribution in [0.1, 0.15) is 13.8 Å². The molecule has 4 heteroatoms. The molecule has 0 spiro atoms. The van der Waals surface area contributed by atoms with Crippen LogP contribution in [-0.4, -0.2) is 22.1 Å². The Morgan fingerprint density at radius 3 is 2.72 bits per heavy atom. The van der Waals surface area contributed by atoms with Gasteiger partial charge < -0.3 is 10.4 Å². The molecule has 1 aromatic heterocycles. The molecule has 0 bridgehead atoms. The van der Waals surface area contributed by atoms with E-state index < -0.39 is 11.9 Å². The predicted molar refractivity (Wildman–Crippen MR) is 71.6 cm³/mol. The van der Waals surface area contributed by atoms with Crippen molar-refractivity contribution in [2.45, 2.75) is 19.9 Å². The van der Waals surface area contributed by atoms with Gasteiger partial charge in [0.15, 0.2) is 0 Å². The second-order valence-corrected chi connectivity index (χ2v) is 4.44. The second-order valence-electron chi connectivity index (χ2n) is 4.44. The van der Waals surface area contributed by atoms with E-state index >= 15 is 0 Å². The molecule has 0 radical (unpaired) electrons. The zero-order valence-corrected chi connectivity index (χ0v) is 10.4. The third kappa shape index (κ3) is 2.42. The van der Waals surface area contributed by atoms with E-state index in [1.54, 1.807) is 13.1 Å². The SMILES string of the molecule is CC(Nc1ccnc2ccccc12)C(C)C(=O)O. The van der Waals surface area contributed by atoms with Crippen LogP contribution < -0.4 is 5.32 Å². The van der Waals surface area contributed by atoms with Crippen molar-refractivity contribution in [3.8, 4) is 0 Å². The van der Waals surface area contributed by atoms with E-state index in [9.17, 15) is 4.79 Å². The van der Waals surface area contributed by atoms with Gasteiger partial charge in [0.05, 0.1) is 11.4 Å². The molecule has 2 unspecified atom stereocenters. The molecule has 0 aliphatic rings. The van der Waals surface area contributed by atoms with Gasteiger partial charge in [0.25, 0.3) is 0 Å². The van der Waals surface area contributed by atoms with Crippen LogP contribution in [0.3, 0.4) is 0 Å². The molecule has 0 saturated carbocycles. The summed E-state index contributed by atoms with van der Waals surface area (Å²) in [5.41, 5.74) is 1.82. The lowest BCUT2D eigenvalue weighted by Gasteiger charge is -2.20. The summed E-state index contributed by atoms with van der Waals surface area (Å²) in [7, 11) is 0. The number of nitrogens with zero attached hydrogens (tertiary/aromatic N) is 1. The summed E-state index contributed by atoms with van der Waals surface area (Å²) in [6.07, 6.45) is 1.73. The standard InChI is InChI=1S/C14H16N2O2/c1-9(14(17)18)10(2)16-13-7-8-15-12-6-4-3-5-11(12)13/h3-10H,1-2H3,(H,15,16)(H,17,18). The van der Waals surface area contributed by atoms with Crippen molar-refractivity contribution in [1.82, 2.24) is 4.98 Å². The average Bonchev–Trinajstić information content (AvgIpc) is 2.38. The van der Waals surface area contributed by atoms with Crippen LogP contribution in [0.15, 0.2) is 36.5 Å². The average molecular weight is 244 g/mol. The van der Waals surface area contributed by atoms with E-state index in [0.29, 0.717) is 0 Å². The maximum absolute atomic E-state index is 10.9. The zero-order chi connectivity index (χ0) is 13.1. The van der Waals surface area contributed by atoms with Gasteiger partial charge in [-0.1, -0.05) is 18.2 Å². The van der Waals surface area contributed by atoms with E-state index in [-0.39, 0.29) is 6.04 Å². The fraction of sp³-hybridized carbons (Fsp3) is 0.286. The normalized spacial score (nSPS) is 14.1. The number of carbonyl (C=O) groups is 1. The maximum Gasteiger partial charge on any atom is 0.308 e. The number of para-hydroxylation sites is 1. The molecule has 2 N–H and O–H groups in total. The Balaban J connectivity index is 2.29. The van der Waals surface area contributed by atoms with Crippen LogP contribution in [0.2, 0.25) is 0 Å². The van der Waals surface area contributed by atoms with Gasteiger partial charge in [0.1, 0.15) is 0 Å². The quantitative estimate of drug-likeness (QED) is 0.868. The first kappa shape index (κ1) is 12.4. The van der Waals surface area contributed by atoms with E-state index in [1.807, 2.05) is 37.3 Å². The largest absolute Gasteiger partial charge is 0.481 e. The number of hydrogen-bond donors (Lipinski definition) is 2. The number of hydrogen-bond acceptors (Lipinski definition) is 3. The fourth-order valence-electron chi connectivity index (χ4n) is 1.81. The maximum atomic E-state index is 10.9. The number of carboxylic acid groups (broad SMARTS) is 1. The van der Waals surface area contributed by atoms with Crippen molar-refractivity contribution in [3.63, 3.8) is 0 Å². The Morgan fingerprint density at radius 1 is 1.28 bits per heavy atom. The Morgan fingerprint density at radius 2 is 2.00 bits per heavy atom. The summed E-state index contributed by atoms with van der Waals surface area (Å²) >= 11 is 0. The monoisotopic (exact) mass is 244 g/mol. The predicted octanol–water partition coefficient (Wildman–Crippen LogP) is 2.76. The van der Waals surface area contributed by atoms with Gasteiger partial charge in [-0.15, -0.1) is 0 Å². The van der Waals surface area contributed by atoms with Crippen molar-refractivity contribution in [1.29, 1.82) is 0 Å². The molecule has 94 valence electrons. The highest BCUT2D eigenvalue weighted by Gasteiger charge is 2.19. The molecule has 0 aliphatic carbocycles. The highest BCUT2D eigenvalue weighted by molar-refractivity contribution is 5.91. The summed E-state index contributed by atoms with van der Waals surface area (Å²) in [5.74, 6) is -1.25. The molecule has 1 heterocycles. The molecule has 0 saturated heterocycles. The molecule has 2 rings (SSSR count). The Kier molecular flexibility index (Phi) is 3.46. The molecule has 0 amide bonds. The molecule has 1 aromatic carbocycles. The lowest BCUT2D eigenvalue weighted by molar-refractivity contribution is -0.141. The second kappa shape index (κ2) is 5.04. The number of rotatable bonds is 4. The third-order valence-electron chi connectivity index (χ3n) is 3.17. The summed E-state index contributed by atoms with van der Waals surface area (Å²) in [6, 6.07) is 9.51. The minimum Gasteiger partial charge on any atom is -0.481 e. The Labute approximate surface area is 106 Å². The molecule has 2 atom stereocenters. The molecule has 18 heavy (non-hydrogen) atoms. The topological polar surface area (TPSA) is 62.2 Å². The molecule has 0 aliphatic heterocycles. The number of nitrogens with one attached hydrogen (secondary N) is 1. The van der Waals surface area contributed by atoms with Crippen LogP contribution in [0.25, 0.3) is 10.9 Å². The zero-order valence-electron chi connectivity index (χ0n) is 10.4. The first-order chi connectivity index (χ1) is 8.59. The van der Waals surface area contributed by atoms with Crippen molar-refractivity contribution in [2.24, 2.45) is 5.92 Å². The van der Waals surface area contributed by atoms with E-state index in [1.165, 1.54) is 0 Å². The molecular weight excluding hydrogens is 228 g/mol. The van der Waals surface area contributed by atoms with Crippen LogP contribution in [0.5, 0.6) is 0 Å². The van der Waals surface area contributed by atoms with Gasteiger partial charge in [-0.2, -0.15) is 0 Å². The van der Waals surface area contributed by atoms with Crippen molar-refractivity contribution < 1.29 is 9.90 Å². The third-order valence-corrected chi connectivity index (χ3v) is 3.17. The summed E-state index contributed by atoms with van der Waals surface area (Å²) in [5, 5.41) is 13.2.